The Morgan fingerprint density at radius 3 is 2.70 bits per heavy atom. The molecule has 5 heteroatoms. The van der Waals surface area contributed by atoms with Gasteiger partial charge in [-0.05, 0) is 12.0 Å². The van der Waals surface area contributed by atoms with Crippen LogP contribution in [0.4, 0.5) is 4.39 Å². The number of carboxylic acids is 1. The van der Waals surface area contributed by atoms with Gasteiger partial charge in [0.15, 0.2) is 0 Å². The van der Waals surface area contributed by atoms with Gasteiger partial charge in [0.25, 0.3) is 5.79 Å². The van der Waals surface area contributed by atoms with E-state index < -0.39 is 11.8 Å². The predicted octanol–water partition coefficient (Wildman–Crippen LogP) is 0.449. The van der Waals surface area contributed by atoms with Crippen LogP contribution in [-0.4, -0.2) is 28.9 Å². The van der Waals surface area contributed by atoms with Crippen LogP contribution in [0.15, 0.2) is 0 Å². The van der Waals surface area contributed by atoms with Gasteiger partial charge >= 0.3 is 5.97 Å². The Morgan fingerprint density at radius 1 is 1.90 bits per heavy atom. The lowest BCUT2D eigenvalue weighted by Crippen LogP contribution is -2.43. The van der Waals surface area contributed by atoms with Crippen LogP contribution in [0.3, 0.4) is 0 Å². The third-order valence-electron chi connectivity index (χ3n) is 1.03. The number of alkyl halides is 1. The van der Waals surface area contributed by atoms with E-state index in [1.54, 1.807) is 6.26 Å². The van der Waals surface area contributed by atoms with Crippen LogP contribution in [0.1, 0.15) is 6.42 Å². The van der Waals surface area contributed by atoms with Crippen molar-refractivity contribution in [3.63, 3.8) is 0 Å². The first-order valence-electron chi connectivity index (χ1n) is 2.71. The summed E-state index contributed by atoms with van der Waals surface area (Å²) < 4.78 is 12.6. The molecule has 3 nitrogen and oxygen atoms in total. The van der Waals surface area contributed by atoms with Crippen LogP contribution in [-0.2, 0) is 4.79 Å². The van der Waals surface area contributed by atoms with Crippen molar-refractivity contribution in [2.24, 2.45) is 5.73 Å². The molecule has 10 heavy (non-hydrogen) atoms. The second kappa shape index (κ2) is 3.78. The van der Waals surface area contributed by atoms with Crippen molar-refractivity contribution in [1.82, 2.24) is 0 Å². The van der Waals surface area contributed by atoms with Gasteiger partial charge in [0.1, 0.15) is 0 Å². The summed E-state index contributed by atoms with van der Waals surface area (Å²) in [4.78, 5) is 10.0. The van der Waals surface area contributed by atoms with E-state index in [-0.39, 0.29) is 6.42 Å². The molecular weight excluding hydrogens is 157 g/mol. The summed E-state index contributed by atoms with van der Waals surface area (Å²) in [6.45, 7) is 0. The fourth-order valence-electron chi connectivity index (χ4n) is 0.358. The molecule has 0 bridgehead atoms. The maximum Gasteiger partial charge on any atom is 0.356 e. The number of rotatable bonds is 4. The molecule has 1 atom stereocenters. The van der Waals surface area contributed by atoms with Gasteiger partial charge in [-0.3, -0.25) is 5.73 Å². The lowest BCUT2D eigenvalue weighted by atomic mass is 10.2. The van der Waals surface area contributed by atoms with Crippen molar-refractivity contribution in [3.05, 3.63) is 0 Å². The second-order valence-electron chi connectivity index (χ2n) is 1.91. The molecule has 0 unspecified atom stereocenters. The number of carbonyl (C=O) groups is 1. The topological polar surface area (TPSA) is 63.3 Å². The zero-order valence-electron chi connectivity index (χ0n) is 5.63. The molecule has 0 fully saturated rings. The molecule has 0 aromatic rings. The van der Waals surface area contributed by atoms with E-state index in [9.17, 15) is 9.18 Å². The fraction of sp³-hybridized carbons (Fsp3) is 0.800. The number of aliphatic carboxylic acids is 1. The van der Waals surface area contributed by atoms with Crippen LogP contribution >= 0.6 is 11.8 Å². The molecule has 0 aliphatic rings. The zero-order chi connectivity index (χ0) is 8.20. The van der Waals surface area contributed by atoms with E-state index in [1.165, 1.54) is 11.8 Å². The smallest absolute Gasteiger partial charge is 0.356 e. The minimum Gasteiger partial charge on any atom is -0.478 e. The first-order chi connectivity index (χ1) is 4.50. The summed E-state index contributed by atoms with van der Waals surface area (Å²) in [5, 5.41) is 8.16. The van der Waals surface area contributed by atoms with Gasteiger partial charge in [-0.15, -0.1) is 0 Å². The molecule has 0 radical (unpaired) electrons. The lowest BCUT2D eigenvalue weighted by Gasteiger charge is -2.12. The molecule has 0 aromatic carbocycles. The Balaban J connectivity index is 3.75. The number of hydrogen-bond acceptors (Lipinski definition) is 3. The van der Waals surface area contributed by atoms with Crippen LogP contribution in [0, 0.1) is 0 Å². The number of carboxylic acid groups (broad SMARTS) is 1. The Kier molecular flexibility index (Phi) is 3.67. The van der Waals surface area contributed by atoms with Crippen molar-refractivity contribution in [1.29, 1.82) is 0 Å². The van der Waals surface area contributed by atoms with Gasteiger partial charge in [0, 0.05) is 6.42 Å². The molecule has 0 saturated heterocycles. The first kappa shape index (κ1) is 9.71. The molecular formula is C5H10FNO2S. The largest absolute Gasteiger partial charge is 0.478 e. The van der Waals surface area contributed by atoms with Crippen LogP contribution in [0.25, 0.3) is 0 Å². The van der Waals surface area contributed by atoms with E-state index in [0.717, 1.165) is 0 Å². The van der Waals surface area contributed by atoms with E-state index in [2.05, 4.69) is 0 Å². The first-order valence-corrected chi connectivity index (χ1v) is 4.10. The highest BCUT2D eigenvalue weighted by Crippen LogP contribution is 2.11. The van der Waals surface area contributed by atoms with E-state index in [4.69, 9.17) is 10.8 Å². The quantitative estimate of drug-likeness (QED) is 0.597. The van der Waals surface area contributed by atoms with Crippen LogP contribution in [0.5, 0.6) is 0 Å². The average Bonchev–Trinajstić information content (AvgIpc) is 1.84. The van der Waals surface area contributed by atoms with Crippen molar-refractivity contribution in [2.75, 3.05) is 12.0 Å². The predicted molar refractivity (Wildman–Crippen MR) is 38.7 cm³/mol. The summed E-state index contributed by atoms with van der Waals surface area (Å²) in [5.41, 5.74) is 4.77. The molecule has 0 aliphatic carbocycles. The average molecular weight is 167 g/mol. The number of halogens is 1. The Bertz CT molecular complexity index is 129. The van der Waals surface area contributed by atoms with Gasteiger partial charge < -0.3 is 5.11 Å². The monoisotopic (exact) mass is 167 g/mol. The summed E-state index contributed by atoms with van der Waals surface area (Å²) in [6.07, 6.45) is 1.61. The minimum atomic E-state index is -2.55. The van der Waals surface area contributed by atoms with Gasteiger partial charge in [0.2, 0.25) is 0 Å². The van der Waals surface area contributed by atoms with Crippen molar-refractivity contribution >= 4 is 17.7 Å². The molecule has 0 heterocycles. The Morgan fingerprint density at radius 2 is 2.40 bits per heavy atom. The van der Waals surface area contributed by atoms with Crippen LogP contribution < -0.4 is 5.73 Å². The summed E-state index contributed by atoms with van der Waals surface area (Å²) >= 11 is 1.36. The molecule has 0 rings (SSSR count). The van der Waals surface area contributed by atoms with Crippen LogP contribution in [0.2, 0.25) is 0 Å². The van der Waals surface area contributed by atoms with E-state index >= 15 is 0 Å². The Labute approximate surface area is 62.8 Å². The van der Waals surface area contributed by atoms with Gasteiger partial charge in [-0.1, -0.05) is 0 Å². The normalized spacial score (nSPS) is 16.3. The lowest BCUT2D eigenvalue weighted by molar-refractivity contribution is -0.150. The summed E-state index contributed by atoms with van der Waals surface area (Å²) in [7, 11) is 0. The number of thioether (sulfide) groups is 1. The molecule has 0 spiro atoms. The molecule has 60 valence electrons. The van der Waals surface area contributed by atoms with Gasteiger partial charge in [0.05, 0.1) is 0 Å². The molecule has 0 amide bonds. The van der Waals surface area contributed by atoms with Crippen molar-refractivity contribution < 1.29 is 14.3 Å². The summed E-state index contributed by atoms with van der Waals surface area (Å²) in [6, 6.07) is 0. The highest BCUT2D eigenvalue weighted by Gasteiger charge is 2.32. The number of nitrogens with two attached hydrogens (primary N) is 1. The highest BCUT2D eigenvalue weighted by atomic mass is 32.2. The molecule has 0 aromatic heterocycles. The third-order valence-corrected chi connectivity index (χ3v) is 1.64. The molecule has 3 N–H and O–H groups in total. The standard InChI is InChI=1S/C5H10FNO2S/c1-10-3-2-5(6,7)4(8)9/h2-3,7H2,1H3,(H,8,9)/t5-/m0/s1. The minimum absolute atomic E-state index is 0.149. The maximum absolute atomic E-state index is 12.6. The second-order valence-corrected chi connectivity index (χ2v) is 2.90. The molecule has 0 saturated carbocycles. The SMILES string of the molecule is CSCC[C@@](N)(F)C(=O)O. The van der Waals surface area contributed by atoms with E-state index in [1.807, 2.05) is 0 Å². The molecule has 0 aliphatic heterocycles. The fourth-order valence-corrected chi connectivity index (χ4v) is 0.859. The third kappa shape index (κ3) is 3.03. The van der Waals surface area contributed by atoms with E-state index in [0.29, 0.717) is 5.75 Å². The number of hydrogen-bond donors (Lipinski definition) is 2. The summed E-state index contributed by atoms with van der Waals surface area (Å²) in [5.74, 6) is -3.73. The zero-order valence-corrected chi connectivity index (χ0v) is 6.45. The Hall–Kier alpha value is -0.290. The van der Waals surface area contributed by atoms with Crippen molar-refractivity contribution in [3.8, 4) is 0 Å². The maximum atomic E-state index is 12.6. The van der Waals surface area contributed by atoms with Crippen molar-refractivity contribution in [2.45, 2.75) is 12.2 Å². The van der Waals surface area contributed by atoms with Gasteiger partial charge in [-0.2, -0.15) is 11.8 Å². The van der Waals surface area contributed by atoms with Gasteiger partial charge in [-0.25, -0.2) is 9.18 Å². The highest BCUT2D eigenvalue weighted by molar-refractivity contribution is 7.98.